The summed E-state index contributed by atoms with van der Waals surface area (Å²) in [4.78, 5) is 54.1. The standard InChI is InChI=1S/C30H25FN4O9/c31-26-22(8-4-12-35-26)29(38)43-25-24(42-28(37)21-7-3-11-34-15-21)23(17-41-27(36)20-6-2-10-33-14-20)44-30(25,39)18-40-16-19-5-1-9-32-13-19/h1-15,23-25,39H,16-18H2. The third-order valence-electron chi connectivity index (χ3n) is 6.39. The summed E-state index contributed by atoms with van der Waals surface area (Å²) in [5.74, 6) is -6.51. The van der Waals surface area contributed by atoms with Crippen molar-refractivity contribution in [3.05, 3.63) is 120 Å². The van der Waals surface area contributed by atoms with Gasteiger partial charge < -0.3 is 28.8 Å². The number of aromatic nitrogens is 4. The number of pyridine rings is 4. The van der Waals surface area contributed by atoms with E-state index in [0.717, 1.165) is 12.3 Å². The van der Waals surface area contributed by atoms with E-state index in [-0.39, 0.29) is 17.7 Å². The number of carbonyl (C=O) groups excluding carboxylic acids is 3. The molecule has 0 radical (unpaired) electrons. The highest BCUT2D eigenvalue weighted by atomic mass is 19.1. The van der Waals surface area contributed by atoms with Gasteiger partial charge in [-0.1, -0.05) is 6.07 Å². The number of carbonyl (C=O) groups is 3. The van der Waals surface area contributed by atoms with Crippen molar-refractivity contribution < 1.29 is 47.6 Å². The molecule has 4 atom stereocenters. The van der Waals surface area contributed by atoms with E-state index in [1.807, 2.05) is 0 Å². The van der Waals surface area contributed by atoms with Gasteiger partial charge >= 0.3 is 17.9 Å². The molecule has 0 amide bonds. The Morgan fingerprint density at radius 1 is 0.841 bits per heavy atom. The molecule has 44 heavy (non-hydrogen) atoms. The van der Waals surface area contributed by atoms with Gasteiger partial charge in [0.1, 0.15) is 24.9 Å². The largest absolute Gasteiger partial charge is 0.459 e. The second-order valence-electron chi connectivity index (χ2n) is 9.47. The number of hydrogen-bond acceptors (Lipinski definition) is 13. The third-order valence-corrected chi connectivity index (χ3v) is 6.39. The maximum atomic E-state index is 14.4. The van der Waals surface area contributed by atoms with E-state index in [9.17, 15) is 23.9 Å². The minimum atomic E-state index is -2.46. The Labute approximate surface area is 249 Å². The van der Waals surface area contributed by atoms with Gasteiger partial charge in [0.15, 0.2) is 12.2 Å². The Balaban J connectivity index is 1.44. The highest BCUT2D eigenvalue weighted by Gasteiger charge is 2.59. The van der Waals surface area contributed by atoms with Crippen LogP contribution < -0.4 is 0 Å². The summed E-state index contributed by atoms with van der Waals surface area (Å²) in [5.41, 5.74) is 0.265. The van der Waals surface area contributed by atoms with Crippen LogP contribution in [0.3, 0.4) is 0 Å². The molecule has 226 valence electrons. The van der Waals surface area contributed by atoms with E-state index in [1.54, 1.807) is 24.5 Å². The molecule has 0 saturated carbocycles. The Morgan fingerprint density at radius 2 is 1.50 bits per heavy atom. The van der Waals surface area contributed by atoms with Crippen molar-refractivity contribution in [2.45, 2.75) is 30.7 Å². The van der Waals surface area contributed by atoms with Gasteiger partial charge in [-0.2, -0.15) is 4.39 Å². The molecule has 4 unspecified atom stereocenters. The van der Waals surface area contributed by atoms with Crippen LogP contribution in [0.1, 0.15) is 36.6 Å². The highest BCUT2D eigenvalue weighted by molar-refractivity contribution is 5.90. The molecule has 1 saturated heterocycles. The number of nitrogens with zero attached hydrogens (tertiary/aromatic N) is 4. The van der Waals surface area contributed by atoms with E-state index < -0.39 is 66.7 Å². The number of halogens is 1. The van der Waals surface area contributed by atoms with Crippen LogP contribution in [0.4, 0.5) is 4.39 Å². The van der Waals surface area contributed by atoms with Crippen molar-refractivity contribution in [2.75, 3.05) is 13.2 Å². The number of ether oxygens (including phenoxy) is 5. The van der Waals surface area contributed by atoms with Gasteiger partial charge in [0.05, 0.1) is 17.7 Å². The zero-order valence-corrected chi connectivity index (χ0v) is 22.9. The lowest BCUT2D eigenvalue weighted by molar-refractivity contribution is -0.256. The predicted octanol–water partition coefficient (Wildman–Crippen LogP) is 2.32. The van der Waals surface area contributed by atoms with Crippen LogP contribution >= 0.6 is 0 Å². The summed E-state index contributed by atoms with van der Waals surface area (Å²) in [6.07, 6.45) is 4.97. The molecule has 4 aromatic heterocycles. The minimum absolute atomic E-state index is 0.0296. The maximum Gasteiger partial charge on any atom is 0.343 e. The average molecular weight is 605 g/mol. The SMILES string of the molecule is O=C(OCC1OC(O)(COCc2cccnc2)C(OC(=O)c2cccnc2F)C1OC(=O)c1cccnc1)c1cccnc1. The first-order valence-electron chi connectivity index (χ1n) is 13.2. The first-order valence-corrected chi connectivity index (χ1v) is 13.2. The molecule has 0 spiro atoms. The molecule has 13 nitrogen and oxygen atoms in total. The van der Waals surface area contributed by atoms with E-state index in [2.05, 4.69) is 19.9 Å². The van der Waals surface area contributed by atoms with E-state index in [1.165, 1.54) is 55.1 Å². The van der Waals surface area contributed by atoms with Crippen molar-refractivity contribution in [1.82, 2.24) is 19.9 Å². The molecule has 4 aromatic rings. The first kappa shape index (κ1) is 30.3. The minimum Gasteiger partial charge on any atom is -0.459 e. The van der Waals surface area contributed by atoms with Crippen LogP contribution in [-0.2, 0) is 30.3 Å². The molecule has 0 aliphatic carbocycles. The van der Waals surface area contributed by atoms with Gasteiger partial charge in [-0.25, -0.2) is 19.4 Å². The first-order chi connectivity index (χ1) is 21.3. The van der Waals surface area contributed by atoms with Crippen LogP contribution in [0.25, 0.3) is 0 Å². The molecule has 0 bridgehead atoms. The fourth-order valence-electron chi connectivity index (χ4n) is 4.31. The van der Waals surface area contributed by atoms with Gasteiger partial charge in [0, 0.05) is 43.4 Å². The molecule has 1 N–H and O–H groups in total. The Kier molecular flexibility index (Phi) is 9.54. The molecule has 1 aliphatic rings. The van der Waals surface area contributed by atoms with Gasteiger partial charge in [-0.15, -0.1) is 0 Å². The van der Waals surface area contributed by atoms with Crippen molar-refractivity contribution in [3.8, 4) is 0 Å². The Hall–Kier alpha value is -5.18. The second kappa shape index (κ2) is 13.9. The summed E-state index contributed by atoms with van der Waals surface area (Å²) < 4.78 is 42.5. The van der Waals surface area contributed by atoms with Crippen LogP contribution in [-0.4, -0.2) is 80.3 Å². The molecule has 1 fully saturated rings. The summed E-state index contributed by atoms with van der Waals surface area (Å²) in [7, 11) is 0. The average Bonchev–Trinajstić information content (AvgIpc) is 3.30. The van der Waals surface area contributed by atoms with Gasteiger partial charge in [0.25, 0.3) is 0 Å². The van der Waals surface area contributed by atoms with E-state index >= 15 is 0 Å². The predicted molar refractivity (Wildman–Crippen MR) is 145 cm³/mol. The van der Waals surface area contributed by atoms with Crippen molar-refractivity contribution in [1.29, 1.82) is 0 Å². The summed E-state index contributed by atoms with van der Waals surface area (Å²) in [6, 6.07) is 11.8. The maximum absolute atomic E-state index is 14.4. The zero-order valence-electron chi connectivity index (χ0n) is 22.9. The lowest BCUT2D eigenvalue weighted by atomic mass is 10.0. The molecule has 5 heterocycles. The third kappa shape index (κ3) is 7.23. The lowest BCUT2D eigenvalue weighted by Crippen LogP contribution is -2.50. The lowest BCUT2D eigenvalue weighted by Gasteiger charge is -2.29. The van der Waals surface area contributed by atoms with Gasteiger partial charge in [-0.05, 0) is 48.0 Å². The normalized spacial score (nSPS) is 20.9. The number of hydrogen-bond donors (Lipinski definition) is 1. The van der Waals surface area contributed by atoms with Gasteiger partial charge in [-0.3, -0.25) is 15.0 Å². The fraction of sp³-hybridized carbons (Fsp3) is 0.233. The van der Waals surface area contributed by atoms with E-state index in [4.69, 9.17) is 23.7 Å². The number of aliphatic hydroxyl groups is 1. The number of rotatable bonds is 11. The zero-order chi connectivity index (χ0) is 30.9. The van der Waals surface area contributed by atoms with Gasteiger partial charge in [0.2, 0.25) is 11.7 Å². The van der Waals surface area contributed by atoms with Crippen molar-refractivity contribution >= 4 is 17.9 Å². The highest BCUT2D eigenvalue weighted by Crippen LogP contribution is 2.36. The van der Waals surface area contributed by atoms with Crippen LogP contribution in [0.15, 0.2) is 91.9 Å². The smallest absolute Gasteiger partial charge is 0.343 e. The molecule has 1 aliphatic heterocycles. The fourth-order valence-corrected chi connectivity index (χ4v) is 4.31. The summed E-state index contributed by atoms with van der Waals surface area (Å²) in [5, 5.41) is 11.7. The Bertz CT molecular complexity index is 1580. The van der Waals surface area contributed by atoms with E-state index in [0.29, 0.717) is 5.56 Å². The molecular formula is C30H25FN4O9. The summed E-state index contributed by atoms with van der Waals surface area (Å²) >= 11 is 0. The quantitative estimate of drug-likeness (QED) is 0.150. The summed E-state index contributed by atoms with van der Waals surface area (Å²) in [6.45, 7) is -1.19. The molecular weight excluding hydrogens is 579 g/mol. The topological polar surface area (TPSA) is 169 Å². The molecule has 5 rings (SSSR count). The molecule has 0 aromatic carbocycles. The molecule has 14 heteroatoms. The van der Waals surface area contributed by atoms with Crippen molar-refractivity contribution in [3.63, 3.8) is 0 Å². The number of esters is 3. The monoisotopic (exact) mass is 604 g/mol. The van der Waals surface area contributed by atoms with Crippen LogP contribution in [0, 0.1) is 5.95 Å². The van der Waals surface area contributed by atoms with Crippen molar-refractivity contribution in [2.24, 2.45) is 0 Å². The second-order valence-corrected chi connectivity index (χ2v) is 9.47. The van der Waals surface area contributed by atoms with Crippen LogP contribution in [0.5, 0.6) is 0 Å². The van der Waals surface area contributed by atoms with Crippen LogP contribution in [0.2, 0.25) is 0 Å². The Morgan fingerprint density at radius 3 is 2.14 bits per heavy atom.